The minimum Gasteiger partial charge on any atom is -0.480 e. The van der Waals surface area contributed by atoms with Crippen LogP contribution in [-0.2, 0) is 17.9 Å². The highest BCUT2D eigenvalue weighted by Crippen LogP contribution is 2.09. The van der Waals surface area contributed by atoms with E-state index in [2.05, 4.69) is 13.8 Å². The molecule has 0 aliphatic heterocycles. The van der Waals surface area contributed by atoms with Gasteiger partial charge in [-0.3, -0.25) is 9.69 Å². The molecule has 2 N–H and O–H groups in total. The molecule has 0 saturated heterocycles. The van der Waals surface area contributed by atoms with Gasteiger partial charge >= 0.3 is 5.97 Å². The number of benzene rings is 1. The largest absolute Gasteiger partial charge is 0.480 e. The van der Waals surface area contributed by atoms with Crippen LogP contribution in [0.25, 0.3) is 0 Å². The molecule has 0 aromatic heterocycles. The lowest BCUT2D eigenvalue weighted by Crippen LogP contribution is -2.32. The summed E-state index contributed by atoms with van der Waals surface area (Å²) in [6.07, 6.45) is 0. The maximum absolute atomic E-state index is 10.8. The molecule has 0 amide bonds. The van der Waals surface area contributed by atoms with E-state index in [0.29, 0.717) is 12.5 Å². The average Bonchev–Trinajstić information content (AvgIpc) is 2.28. The van der Waals surface area contributed by atoms with E-state index in [1.807, 2.05) is 29.2 Å². The number of aliphatic hydroxyl groups excluding tert-OH is 1. The van der Waals surface area contributed by atoms with Gasteiger partial charge in [0.1, 0.15) is 0 Å². The zero-order chi connectivity index (χ0) is 13.5. The van der Waals surface area contributed by atoms with Gasteiger partial charge in [0.25, 0.3) is 0 Å². The van der Waals surface area contributed by atoms with E-state index in [1.54, 1.807) is 0 Å². The molecular formula is C14H21NO3. The Kier molecular flexibility index (Phi) is 5.82. The summed E-state index contributed by atoms with van der Waals surface area (Å²) in [5.41, 5.74) is 1.93. The van der Waals surface area contributed by atoms with E-state index in [1.165, 1.54) is 0 Å². The van der Waals surface area contributed by atoms with Crippen molar-refractivity contribution in [2.24, 2.45) is 5.92 Å². The Hall–Kier alpha value is -1.39. The molecule has 0 aliphatic carbocycles. The molecular weight excluding hydrogens is 230 g/mol. The van der Waals surface area contributed by atoms with Crippen LogP contribution in [0.4, 0.5) is 0 Å². The lowest BCUT2D eigenvalue weighted by molar-refractivity contribution is -0.138. The van der Waals surface area contributed by atoms with E-state index in [9.17, 15) is 4.79 Å². The van der Waals surface area contributed by atoms with Gasteiger partial charge in [0.05, 0.1) is 13.2 Å². The Labute approximate surface area is 108 Å². The standard InChI is InChI=1S/C14H21NO3/c1-11(2)7-15(9-14(17)18)8-12-3-5-13(10-16)6-4-12/h3-6,11,16H,7-10H2,1-2H3,(H,17,18). The second kappa shape index (κ2) is 7.13. The molecule has 0 saturated carbocycles. The number of rotatable bonds is 7. The van der Waals surface area contributed by atoms with Crippen molar-refractivity contribution in [3.63, 3.8) is 0 Å². The van der Waals surface area contributed by atoms with Crippen molar-refractivity contribution in [2.75, 3.05) is 13.1 Å². The summed E-state index contributed by atoms with van der Waals surface area (Å²) < 4.78 is 0. The fourth-order valence-corrected chi connectivity index (χ4v) is 1.90. The third kappa shape index (κ3) is 5.29. The molecule has 1 aromatic carbocycles. The van der Waals surface area contributed by atoms with Crippen molar-refractivity contribution in [3.05, 3.63) is 35.4 Å². The first-order valence-electron chi connectivity index (χ1n) is 6.14. The van der Waals surface area contributed by atoms with Crippen LogP contribution in [0, 0.1) is 5.92 Å². The molecule has 0 atom stereocenters. The van der Waals surface area contributed by atoms with Crippen LogP contribution in [0.2, 0.25) is 0 Å². The van der Waals surface area contributed by atoms with Gasteiger partial charge in [-0.15, -0.1) is 0 Å². The number of carbonyl (C=O) groups is 1. The third-order valence-electron chi connectivity index (χ3n) is 2.59. The molecule has 4 nitrogen and oxygen atoms in total. The summed E-state index contributed by atoms with van der Waals surface area (Å²) in [7, 11) is 0. The first-order chi connectivity index (χ1) is 8.51. The molecule has 0 aliphatic rings. The second-order valence-electron chi connectivity index (χ2n) is 4.93. The van der Waals surface area contributed by atoms with Crippen LogP contribution in [0.5, 0.6) is 0 Å². The van der Waals surface area contributed by atoms with Crippen molar-refractivity contribution >= 4 is 5.97 Å². The molecule has 18 heavy (non-hydrogen) atoms. The molecule has 1 aromatic rings. The van der Waals surface area contributed by atoms with Gasteiger partial charge in [-0.05, 0) is 17.0 Å². The van der Waals surface area contributed by atoms with Crippen molar-refractivity contribution in [2.45, 2.75) is 27.0 Å². The topological polar surface area (TPSA) is 60.8 Å². The molecule has 0 heterocycles. The van der Waals surface area contributed by atoms with E-state index in [-0.39, 0.29) is 13.2 Å². The van der Waals surface area contributed by atoms with Crippen LogP contribution < -0.4 is 0 Å². The third-order valence-corrected chi connectivity index (χ3v) is 2.59. The normalized spacial score (nSPS) is 11.2. The summed E-state index contributed by atoms with van der Waals surface area (Å²) in [6, 6.07) is 7.59. The van der Waals surface area contributed by atoms with Crippen molar-refractivity contribution in [1.29, 1.82) is 0 Å². The highest BCUT2D eigenvalue weighted by molar-refractivity contribution is 5.69. The van der Waals surface area contributed by atoms with Gasteiger partial charge in [-0.2, -0.15) is 0 Å². The summed E-state index contributed by atoms with van der Waals surface area (Å²) in [5.74, 6) is -0.372. The predicted molar refractivity (Wildman–Crippen MR) is 70.1 cm³/mol. The Morgan fingerprint density at radius 3 is 2.22 bits per heavy atom. The molecule has 100 valence electrons. The highest BCUT2D eigenvalue weighted by Gasteiger charge is 2.11. The predicted octanol–water partition coefficient (Wildman–Crippen LogP) is 1.72. The quantitative estimate of drug-likeness (QED) is 0.774. The van der Waals surface area contributed by atoms with Gasteiger partial charge in [0.2, 0.25) is 0 Å². The average molecular weight is 251 g/mol. The molecule has 4 heteroatoms. The Morgan fingerprint density at radius 2 is 1.78 bits per heavy atom. The van der Waals surface area contributed by atoms with Gasteiger partial charge in [0.15, 0.2) is 0 Å². The summed E-state index contributed by atoms with van der Waals surface area (Å²) in [6.45, 7) is 5.61. The number of carboxylic acid groups (broad SMARTS) is 1. The first kappa shape index (κ1) is 14.7. The van der Waals surface area contributed by atoms with E-state index in [0.717, 1.165) is 17.7 Å². The highest BCUT2D eigenvalue weighted by atomic mass is 16.4. The summed E-state index contributed by atoms with van der Waals surface area (Å²) in [4.78, 5) is 12.7. The van der Waals surface area contributed by atoms with Crippen LogP contribution >= 0.6 is 0 Å². The van der Waals surface area contributed by atoms with Crippen LogP contribution in [0.3, 0.4) is 0 Å². The Bertz CT molecular complexity index is 373. The van der Waals surface area contributed by atoms with Crippen molar-refractivity contribution in [3.8, 4) is 0 Å². The molecule has 0 unspecified atom stereocenters. The number of carboxylic acids is 1. The number of aliphatic hydroxyl groups is 1. The van der Waals surface area contributed by atoms with E-state index in [4.69, 9.17) is 10.2 Å². The smallest absolute Gasteiger partial charge is 0.317 e. The van der Waals surface area contributed by atoms with Gasteiger partial charge in [-0.25, -0.2) is 0 Å². The van der Waals surface area contributed by atoms with Gasteiger partial charge < -0.3 is 10.2 Å². The Balaban J connectivity index is 2.65. The monoisotopic (exact) mass is 251 g/mol. The molecule has 0 spiro atoms. The minimum absolute atomic E-state index is 0.0329. The van der Waals surface area contributed by atoms with Crippen LogP contribution in [0.15, 0.2) is 24.3 Å². The fraction of sp³-hybridized carbons (Fsp3) is 0.500. The maximum atomic E-state index is 10.8. The second-order valence-corrected chi connectivity index (χ2v) is 4.93. The number of hydrogen-bond acceptors (Lipinski definition) is 3. The minimum atomic E-state index is -0.803. The lowest BCUT2D eigenvalue weighted by Gasteiger charge is -2.22. The van der Waals surface area contributed by atoms with Crippen molar-refractivity contribution in [1.82, 2.24) is 4.90 Å². The molecule has 1 rings (SSSR count). The SMILES string of the molecule is CC(C)CN(CC(=O)O)Cc1ccc(CO)cc1. The van der Waals surface area contributed by atoms with Crippen molar-refractivity contribution < 1.29 is 15.0 Å². The van der Waals surface area contributed by atoms with E-state index < -0.39 is 5.97 Å². The van der Waals surface area contributed by atoms with Gasteiger partial charge in [0, 0.05) is 13.1 Å². The maximum Gasteiger partial charge on any atom is 0.317 e. The lowest BCUT2D eigenvalue weighted by atomic mass is 10.1. The summed E-state index contributed by atoms with van der Waals surface area (Å²) in [5, 5.41) is 17.8. The van der Waals surface area contributed by atoms with Crippen LogP contribution in [0.1, 0.15) is 25.0 Å². The zero-order valence-corrected chi connectivity index (χ0v) is 11.0. The molecule has 0 radical (unpaired) electrons. The number of aliphatic carboxylic acids is 1. The fourth-order valence-electron chi connectivity index (χ4n) is 1.90. The zero-order valence-electron chi connectivity index (χ0n) is 11.0. The number of hydrogen-bond donors (Lipinski definition) is 2. The molecule has 0 bridgehead atoms. The summed E-state index contributed by atoms with van der Waals surface area (Å²) >= 11 is 0. The van der Waals surface area contributed by atoms with Gasteiger partial charge in [-0.1, -0.05) is 38.1 Å². The van der Waals surface area contributed by atoms with E-state index >= 15 is 0 Å². The number of nitrogens with zero attached hydrogens (tertiary/aromatic N) is 1. The van der Waals surface area contributed by atoms with Crippen LogP contribution in [-0.4, -0.2) is 34.2 Å². The Morgan fingerprint density at radius 1 is 1.22 bits per heavy atom. The molecule has 0 fully saturated rings. The first-order valence-corrected chi connectivity index (χ1v) is 6.14.